The summed E-state index contributed by atoms with van der Waals surface area (Å²) in [6.07, 6.45) is 0. The molecular formula is C18H17ClN2O3. The van der Waals surface area contributed by atoms with Crippen LogP contribution in [-0.2, 0) is 11.3 Å². The number of methoxy groups -OCH3 is 1. The zero-order valence-corrected chi connectivity index (χ0v) is 14.1. The highest BCUT2D eigenvalue weighted by Crippen LogP contribution is 2.36. The molecule has 3 rings (SSSR count). The predicted molar refractivity (Wildman–Crippen MR) is 93.2 cm³/mol. The number of carbonyl (C=O) groups excluding carboxylic acids is 1. The fourth-order valence-electron chi connectivity index (χ4n) is 2.51. The molecule has 0 aliphatic carbocycles. The first-order chi connectivity index (χ1) is 11.6. The molecule has 1 aromatic heterocycles. The van der Waals surface area contributed by atoms with Crippen molar-refractivity contribution < 1.29 is 14.1 Å². The normalized spacial score (nSPS) is 12.1. The van der Waals surface area contributed by atoms with Crippen LogP contribution in [0.5, 0.6) is 5.75 Å². The molecule has 3 aromatic rings. The van der Waals surface area contributed by atoms with Gasteiger partial charge in [-0.25, -0.2) is 0 Å². The van der Waals surface area contributed by atoms with Gasteiger partial charge in [-0.1, -0.05) is 35.5 Å². The number of benzene rings is 2. The maximum Gasteiger partial charge on any atom is 0.238 e. The molecule has 0 saturated heterocycles. The number of nitrogens with zero attached hydrogens (tertiary/aromatic N) is 1. The van der Waals surface area contributed by atoms with Gasteiger partial charge in [0.1, 0.15) is 16.8 Å². The molecule has 5 nitrogen and oxygen atoms in total. The molecule has 0 aliphatic heterocycles. The molecule has 6 heteroatoms. The van der Waals surface area contributed by atoms with Gasteiger partial charge in [-0.15, -0.1) is 11.6 Å². The van der Waals surface area contributed by atoms with E-state index < -0.39 is 5.38 Å². The van der Waals surface area contributed by atoms with E-state index in [1.807, 2.05) is 36.4 Å². The zero-order chi connectivity index (χ0) is 17.1. The summed E-state index contributed by atoms with van der Waals surface area (Å²) in [5.74, 6) is 1.01. The van der Waals surface area contributed by atoms with E-state index in [4.69, 9.17) is 20.9 Å². The molecule has 0 spiro atoms. The van der Waals surface area contributed by atoms with Crippen LogP contribution >= 0.6 is 11.6 Å². The van der Waals surface area contributed by atoms with Crippen LogP contribution in [0, 0.1) is 0 Å². The van der Waals surface area contributed by atoms with Crippen LogP contribution in [0.3, 0.4) is 0 Å². The maximum atomic E-state index is 11.5. The fourth-order valence-corrected chi connectivity index (χ4v) is 2.59. The second kappa shape index (κ2) is 6.93. The molecule has 0 saturated carbocycles. The van der Waals surface area contributed by atoms with E-state index in [0.29, 0.717) is 17.2 Å². The number of hydrogen-bond donors (Lipinski definition) is 1. The van der Waals surface area contributed by atoms with Gasteiger partial charge >= 0.3 is 0 Å². The SMILES string of the molecule is COc1ccc2ccccc2c1-c1cc(CNC(=O)C(C)Cl)on1. The molecule has 1 N–H and O–H groups in total. The summed E-state index contributed by atoms with van der Waals surface area (Å²) in [5.41, 5.74) is 1.52. The number of carbonyl (C=O) groups is 1. The summed E-state index contributed by atoms with van der Waals surface area (Å²) in [5, 5.41) is 8.34. The van der Waals surface area contributed by atoms with Crippen molar-refractivity contribution in [2.24, 2.45) is 0 Å². The lowest BCUT2D eigenvalue weighted by molar-refractivity contribution is -0.120. The van der Waals surface area contributed by atoms with E-state index >= 15 is 0 Å². The Morgan fingerprint density at radius 3 is 2.88 bits per heavy atom. The molecule has 0 aliphatic rings. The van der Waals surface area contributed by atoms with Gasteiger partial charge in [0.25, 0.3) is 0 Å². The minimum Gasteiger partial charge on any atom is -0.496 e. The lowest BCUT2D eigenvalue weighted by Gasteiger charge is -2.09. The number of halogens is 1. The van der Waals surface area contributed by atoms with E-state index in [-0.39, 0.29) is 12.5 Å². The van der Waals surface area contributed by atoms with Gasteiger partial charge in [0.2, 0.25) is 5.91 Å². The van der Waals surface area contributed by atoms with Gasteiger partial charge in [0.05, 0.1) is 19.2 Å². The van der Waals surface area contributed by atoms with Crippen molar-refractivity contribution >= 4 is 28.3 Å². The van der Waals surface area contributed by atoms with Gasteiger partial charge in [0, 0.05) is 6.07 Å². The molecule has 1 heterocycles. The third kappa shape index (κ3) is 3.21. The summed E-state index contributed by atoms with van der Waals surface area (Å²) >= 11 is 5.73. The highest BCUT2D eigenvalue weighted by Gasteiger charge is 2.16. The number of rotatable bonds is 5. The van der Waals surface area contributed by atoms with Crippen molar-refractivity contribution in [3.8, 4) is 17.0 Å². The van der Waals surface area contributed by atoms with Gasteiger partial charge in [-0.3, -0.25) is 4.79 Å². The lowest BCUT2D eigenvalue weighted by atomic mass is 10.0. The second-order valence-electron chi connectivity index (χ2n) is 5.38. The van der Waals surface area contributed by atoms with E-state index in [1.54, 1.807) is 20.1 Å². The third-order valence-electron chi connectivity index (χ3n) is 3.72. The number of fused-ring (bicyclic) bond motifs is 1. The summed E-state index contributed by atoms with van der Waals surface area (Å²) in [6.45, 7) is 1.85. The number of alkyl halides is 1. The standard InChI is InChI=1S/C18H17ClN2O3/c1-11(19)18(22)20-10-13-9-15(21-24-13)17-14-6-4-3-5-12(14)7-8-16(17)23-2/h3-9,11H,10H2,1-2H3,(H,20,22). The summed E-state index contributed by atoms with van der Waals surface area (Å²) < 4.78 is 10.8. The minimum absolute atomic E-state index is 0.232. The Labute approximate surface area is 144 Å². The quantitative estimate of drug-likeness (QED) is 0.716. The van der Waals surface area contributed by atoms with E-state index in [1.165, 1.54) is 0 Å². The number of aromatic nitrogens is 1. The number of hydrogen-bond acceptors (Lipinski definition) is 4. The molecule has 0 radical (unpaired) electrons. The minimum atomic E-state index is -0.592. The Bertz CT molecular complexity index is 874. The Hall–Kier alpha value is -2.53. The average molecular weight is 345 g/mol. The Morgan fingerprint density at radius 1 is 1.33 bits per heavy atom. The molecule has 0 bridgehead atoms. The average Bonchev–Trinajstić information content (AvgIpc) is 3.06. The van der Waals surface area contributed by atoms with Crippen molar-refractivity contribution in [1.82, 2.24) is 10.5 Å². The molecule has 1 atom stereocenters. The first-order valence-corrected chi connectivity index (χ1v) is 7.97. The number of amides is 1. The van der Waals surface area contributed by atoms with Gasteiger partial charge in [-0.05, 0) is 23.8 Å². The van der Waals surface area contributed by atoms with E-state index in [2.05, 4.69) is 10.5 Å². The third-order valence-corrected chi connectivity index (χ3v) is 3.92. The van der Waals surface area contributed by atoms with Crippen LogP contribution < -0.4 is 10.1 Å². The largest absolute Gasteiger partial charge is 0.496 e. The van der Waals surface area contributed by atoms with Crippen LogP contribution in [0.15, 0.2) is 47.0 Å². The van der Waals surface area contributed by atoms with E-state index in [0.717, 1.165) is 16.3 Å². The molecule has 1 unspecified atom stereocenters. The monoisotopic (exact) mass is 344 g/mol. The first-order valence-electron chi connectivity index (χ1n) is 7.53. The van der Waals surface area contributed by atoms with Crippen LogP contribution in [0.25, 0.3) is 22.0 Å². The summed E-state index contributed by atoms with van der Waals surface area (Å²) in [4.78, 5) is 11.5. The van der Waals surface area contributed by atoms with Crippen LogP contribution in [0.1, 0.15) is 12.7 Å². The maximum absolute atomic E-state index is 11.5. The Kier molecular flexibility index (Phi) is 4.71. The highest BCUT2D eigenvalue weighted by molar-refractivity contribution is 6.30. The zero-order valence-electron chi connectivity index (χ0n) is 13.4. The van der Waals surface area contributed by atoms with Crippen LogP contribution in [-0.4, -0.2) is 23.6 Å². The molecule has 2 aromatic carbocycles. The second-order valence-corrected chi connectivity index (χ2v) is 6.03. The Balaban J connectivity index is 1.95. The van der Waals surface area contributed by atoms with Gasteiger partial charge in [-0.2, -0.15) is 0 Å². The van der Waals surface area contributed by atoms with Crippen LogP contribution in [0.4, 0.5) is 0 Å². The molecule has 1 amide bonds. The van der Waals surface area contributed by atoms with Crippen molar-refractivity contribution in [2.75, 3.05) is 7.11 Å². The molecule has 124 valence electrons. The summed E-state index contributed by atoms with van der Waals surface area (Å²) in [6, 6.07) is 13.7. The van der Waals surface area contributed by atoms with Crippen molar-refractivity contribution in [2.45, 2.75) is 18.8 Å². The van der Waals surface area contributed by atoms with Crippen LogP contribution in [0.2, 0.25) is 0 Å². The van der Waals surface area contributed by atoms with Crippen molar-refractivity contribution in [3.63, 3.8) is 0 Å². The predicted octanol–water partition coefficient (Wildman–Crippen LogP) is 3.75. The number of nitrogens with one attached hydrogen (secondary N) is 1. The van der Waals surface area contributed by atoms with Gasteiger partial charge < -0.3 is 14.6 Å². The van der Waals surface area contributed by atoms with E-state index in [9.17, 15) is 4.79 Å². The first kappa shape index (κ1) is 16.3. The highest BCUT2D eigenvalue weighted by atomic mass is 35.5. The lowest BCUT2D eigenvalue weighted by Crippen LogP contribution is -2.28. The van der Waals surface area contributed by atoms with Crippen molar-refractivity contribution in [3.05, 3.63) is 48.2 Å². The van der Waals surface area contributed by atoms with Gasteiger partial charge in [0.15, 0.2) is 5.76 Å². The molecule has 0 fully saturated rings. The molecule has 24 heavy (non-hydrogen) atoms. The summed E-state index contributed by atoms with van der Waals surface area (Å²) in [7, 11) is 1.62. The van der Waals surface area contributed by atoms with Crippen molar-refractivity contribution in [1.29, 1.82) is 0 Å². The fraction of sp³-hybridized carbons (Fsp3) is 0.222. The smallest absolute Gasteiger partial charge is 0.238 e. The Morgan fingerprint density at radius 2 is 2.12 bits per heavy atom. The topological polar surface area (TPSA) is 64.4 Å². The number of ether oxygens (including phenoxy) is 1. The molecular weight excluding hydrogens is 328 g/mol.